The van der Waals surface area contributed by atoms with Crippen molar-refractivity contribution in [1.82, 2.24) is 0 Å². The third kappa shape index (κ3) is 4.42. The molecule has 31 heavy (non-hydrogen) atoms. The van der Waals surface area contributed by atoms with Crippen LogP contribution in [0.5, 0.6) is 11.5 Å². The van der Waals surface area contributed by atoms with E-state index in [1.807, 2.05) is 48.5 Å². The Bertz CT molecular complexity index is 843. The van der Waals surface area contributed by atoms with Crippen molar-refractivity contribution in [2.24, 2.45) is 5.92 Å². The molecule has 1 saturated heterocycles. The van der Waals surface area contributed by atoms with E-state index in [0.717, 1.165) is 16.9 Å². The van der Waals surface area contributed by atoms with E-state index in [9.17, 15) is 0 Å². The molecule has 2 heterocycles. The summed E-state index contributed by atoms with van der Waals surface area (Å²) in [5.74, 6) is 1.24. The fourth-order valence-corrected chi connectivity index (χ4v) is 4.53. The molecule has 1 fully saturated rings. The molecule has 2 aromatic carbocycles. The molecule has 0 aromatic heterocycles. The van der Waals surface area contributed by atoms with Crippen molar-refractivity contribution in [2.45, 2.75) is 37.3 Å². The first-order valence-corrected chi connectivity index (χ1v) is 10.4. The molecule has 0 radical (unpaired) electrons. The third-order valence-electron chi connectivity index (χ3n) is 5.95. The number of fused-ring (bicyclic) bond motifs is 2. The van der Waals surface area contributed by atoms with Gasteiger partial charge in [-0.25, -0.2) is 0 Å². The molecule has 0 bridgehead atoms. The van der Waals surface area contributed by atoms with Crippen LogP contribution in [0.3, 0.4) is 0 Å². The minimum Gasteiger partial charge on any atom is -0.489 e. The zero-order valence-electron chi connectivity index (χ0n) is 18.4. The standard InChI is InChI=1S/C24H30O7/c1-25-14-19-22(27-3)23(28-4)20-21(26-2)17-12-16(10-11-18(17)30-24(20)31-19)29-13-15-8-6-5-7-9-15/h5-12,19-24H,13-14H2,1-4H3/t19-,20+,21+,22-,23-,24-/m1/s1. The molecule has 168 valence electrons. The van der Waals surface area contributed by atoms with Crippen LogP contribution in [0.25, 0.3) is 0 Å². The van der Waals surface area contributed by atoms with Gasteiger partial charge in [0.25, 0.3) is 0 Å². The Kier molecular flexibility index (Phi) is 7.09. The van der Waals surface area contributed by atoms with E-state index in [-0.39, 0.29) is 30.3 Å². The van der Waals surface area contributed by atoms with E-state index < -0.39 is 6.29 Å². The predicted molar refractivity (Wildman–Crippen MR) is 113 cm³/mol. The number of methoxy groups -OCH3 is 4. The first kappa shape index (κ1) is 22.0. The number of benzene rings is 2. The third-order valence-corrected chi connectivity index (χ3v) is 5.95. The Hall–Kier alpha value is -2.16. The molecule has 0 aliphatic carbocycles. The second-order valence-electron chi connectivity index (χ2n) is 7.72. The van der Waals surface area contributed by atoms with Gasteiger partial charge in [0.15, 0.2) is 0 Å². The number of rotatable bonds is 8. The highest BCUT2D eigenvalue weighted by atomic mass is 16.7. The van der Waals surface area contributed by atoms with Crippen LogP contribution >= 0.6 is 0 Å². The van der Waals surface area contributed by atoms with Crippen LogP contribution in [0, 0.1) is 5.92 Å². The summed E-state index contributed by atoms with van der Waals surface area (Å²) in [6.45, 7) is 0.861. The quantitative estimate of drug-likeness (QED) is 0.636. The van der Waals surface area contributed by atoms with Gasteiger partial charge in [-0.05, 0) is 23.8 Å². The molecule has 2 aliphatic heterocycles. The summed E-state index contributed by atoms with van der Waals surface area (Å²) < 4.78 is 41.4. The lowest BCUT2D eigenvalue weighted by molar-refractivity contribution is -0.294. The van der Waals surface area contributed by atoms with Crippen molar-refractivity contribution in [3.05, 3.63) is 59.7 Å². The van der Waals surface area contributed by atoms with Gasteiger partial charge in [0.05, 0.1) is 24.7 Å². The van der Waals surface area contributed by atoms with E-state index in [1.165, 1.54) is 0 Å². The average molecular weight is 430 g/mol. The maximum atomic E-state index is 6.24. The van der Waals surface area contributed by atoms with Crippen LogP contribution in [0.15, 0.2) is 48.5 Å². The molecule has 7 heteroatoms. The van der Waals surface area contributed by atoms with Crippen LogP contribution in [0.2, 0.25) is 0 Å². The molecule has 4 rings (SSSR count). The molecule has 0 unspecified atom stereocenters. The minimum absolute atomic E-state index is 0.218. The van der Waals surface area contributed by atoms with Gasteiger partial charge >= 0.3 is 0 Å². The summed E-state index contributed by atoms with van der Waals surface area (Å²) in [4.78, 5) is 0. The Morgan fingerprint density at radius 2 is 1.65 bits per heavy atom. The zero-order chi connectivity index (χ0) is 21.8. The van der Waals surface area contributed by atoms with Crippen molar-refractivity contribution in [3.63, 3.8) is 0 Å². The van der Waals surface area contributed by atoms with E-state index in [1.54, 1.807) is 28.4 Å². The van der Waals surface area contributed by atoms with Gasteiger partial charge in [0.2, 0.25) is 6.29 Å². The largest absolute Gasteiger partial charge is 0.489 e. The van der Waals surface area contributed by atoms with Crippen molar-refractivity contribution >= 4 is 0 Å². The second kappa shape index (κ2) is 9.97. The van der Waals surface area contributed by atoms with Crippen LogP contribution in [-0.4, -0.2) is 59.6 Å². The highest BCUT2D eigenvalue weighted by Crippen LogP contribution is 2.48. The van der Waals surface area contributed by atoms with E-state index in [0.29, 0.717) is 19.0 Å². The lowest BCUT2D eigenvalue weighted by Gasteiger charge is -2.49. The Morgan fingerprint density at radius 3 is 2.32 bits per heavy atom. The van der Waals surface area contributed by atoms with Gasteiger partial charge in [0, 0.05) is 34.0 Å². The first-order valence-electron chi connectivity index (χ1n) is 10.4. The SMILES string of the molecule is COC[C@H]1O[C@H]2Oc3ccc(OCc4ccccc4)cc3[C@H](OC)[C@H]2[C@@H](OC)[C@@H]1OC. The number of hydrogen-bond donors (Lipinski definition) is 0. The molecular formula is C24H30O7. The topological polar surface area (TPSA) is 64.6 Å². The van der Waals surface area contributed by atoms with Gasteiger partial charge < -0.3 is 33.2 Å². The lowest BCUT2D eigenvalue weighted by atomic mass is 9.81. The normalized spacial score (nSPS) is 29.5. The molecular weight excluding hydrogens is 400 g/mol. The van der Waals surface area contributed by atoms with Gasteiger partial charge in [-0.1, -0.05) is 30.3 Å². The maximum absolute atomic E-state index is 6.24. The Labute approximate surface area is 183 Å². The first-order chi connectivity index (χ1) is 15.2. The van der Waals surface area contributed by atoms with Gasteiger partial charge in [-0.15, -0.1) is 0 Å². The fourth-order valence-electron chi connectivity index (χ4n) is 4.53. The smallest absolute Gasteiger partial charge is 0.208 e. The predicted octanol–water partition coefficient (Wildman–Crippen LogP) is 3.36. The fraction of sp³-hybridized carbons (Fsp3) is 0.500. The highest BCUT2D eigenvalue weighted by molar-refractivity contribution is 5.44. The minimum atomic E-state index is -0.537. The van der Waals surface area contributed by atoms with E-state index in [4.69, 9.17) is 33.2 Å². The van der Waals surface area contributed by atoms with Crippen molar-refractivity contribution in [3.8, 4) is 11.5 Å². The summed E-state index contributed by atoms with van der Waals surface area (Å²) in [7, 11) is 6.64. The summed E-state index contributed by atoms with van der Waals surface area (Å²) in [6.07, 6.45) is -1.76. The van der Waals surface area contributed by atoms with Gasteiger partial charge in [-0.2, -0.15) is 0 Å². The Balaban J connectivity index is 1.60. The summed E-state index contributed by atoms with van der Waals surface area (Å²) in [5, 5.41) is 0. The second-order valence-corrected chi connectivity index (χ2v) is 7.72. The highest BCUT2D eigenvalue weighted by Gasteiger charge is 2.54. The Morgan fingerprint density at radius 1 is 0.871 bits per heavy atom. The van der Waals surface area contributed by atoms with Crippen LogP contribution < -0.4 is 9.47 Å². The van der Waals surface area contributed by atoms with Crippen molar-refractivity contribution in [1.29, 1.82) is 0 Å². The molecule has 0 amide bonds. The number of ether oxygens (including phenoxy) is 7. The molecule has 0 saturated carbocycles. The molecule has 0 N–H and O–H groups in total. The van der Waals surface area contributed by atoms with E-state index in [2.05, 4.69) is 0 Å². The average Bonchev–Trinajstić information content (AvgIpc) is 2.81. The van der Waals surface area contributed by atoms with Crippen LogP contribution in [0.1, 0.15) is 17.2 Å². The maximum Gasteiger partial charge on any atom is 0.208 e. The molecule has 2 aliphatic rings. The molecule has 6 atom stereocenters. The molecule has 7 nitrogen and oxygen atoms in total. The van der Waals surface area contributed by atoms with Crippen molar-refractivity contribution in [2.75, 3.05) is 35.0 Å². The zero-order valence-corrected chi connectivity index (χ0v) is 18.4. The van der Waals surface area contributed by atoms with E-state index >= 15 is 0 Å². The summed E-state index contributed by atoms with van der Waals surface area (Å²) in [6, 6.07) is 15.8. The molecule has 2 aromatic rings. The summed E-state index contributed by atoms with van der Waals surface area (Å²) >= 11 is 0. The van der Waals surface area contributed by atoms with Crippen molar-refractivity contribution < 1.29 is 33.2 Å². The number of hydrogen-bond acceptors (Lipinski definition) is 7. The monoisotopic (exact) mass is 430 g/mol. The molecule has 0 spiro atoms. The summed E-state index contributed by atoms with van der Waals surface area (Å²) in [5.41, 5.74) is 2.01. The van der Waals surface area contributed by atoms with Gasteiger partial charge in [0.1, 0.15) is 30.3 Å². The van der Waals surface area contributed by atoms with Gasteiger partial charge in [-0.3, -0.25) is 0 Å². The lowest BCUT2D eigenvalue weighted by Crippen LogP contribution is -2.61. The van der Waals surface area contributed by atoms with Crippen LogP contribution in [-0.2, 0) is 30.3 Å². The van der Waals surface area contributed by atoms with Crippen LogP contribution in [0.4, 0.5) is 0 Å².